The molecule has 0 saturated heterocycles. The van der Waals surface area contributed by atoms with Gasteiger partial charge in [-0.3, -0.25) is 9.78 Å². The fraction of sp³-hybridized carbons (Fsp3) is 0.500. The second kappa shape index (κ2) is 5.43. The first-order valence-corrected chi connectivity index (χ1v) is 6.37. The number of pyridine rings is 1. The van der Waals surface area contributed by atoms with Crippen LogP contribution in [0.2, 0.25) is 0 Å². The molecule has 1 amide bonds. The Morgan fingerprint density at radius 3 is 2.62 bits per heavy atom. The first-order chi connectivity index (χ1) is 7.47. The molecule has 0 aliphatic carbocycles. The Labute approximate surface area is 105 Å². The van der Waals surface area contributed by atoms with E-state index in [1.165, 1.54) is 0 Å². The van der Waals surface area contributed by atoms with Crippen LogP contribution in [0.4, 0.5) is 0 Å². The lowest BCUT2D eigenvalue weighted by Gasteiger charge is -2.23. The maximum absolute atomic E-state index is 12.1. The van der Waals surface area contributed by atoms with Crippen LogP contribution < -0.4 is 0 Å². The number of rotatable bonds is 3. The van der Waals surface area contributed by atoms with Gasteiger partial charge >= 0.3 is 0 Å². The number of hydrogen-bond donors (Lipinski definition) is 0. The fourth-order valence-corrected chi connectivity index (χ4v) is 1.84. The molecule has 0 radical (unpaired) electrons. The number of carbonyl (C=O) groups excluding carboxylic acids is 1. The normalized spacial score (nSPS) is 12.3. The van der Waals surface area contributed by atoms with Crippen molar-refractivity contribution in [2.75, 3.05) is 12.4 Å². The molecule has 0 spiro atoms. The summed E-state index contributed by atoms with van der Waals surface area (Å²) in [5.74, 6) is 0.0250. The van der Waals surface area contributed by atoms with Crippen LogP contribution in [0.25, 0.3) is 0 Å². The minimum Gasteiger partial charge on any atom is -0.338 e. The van der Waals surface area contributed by atoms with Gasteiger partial charge in [0.15, 0.2) is 0 Å². The van der Waals surface area contributed by atoms with Gasteiger partial charge in [0.25, 0.3) is 5.91 Å². The Morgan fingerprint density at radius 2 is 2.12 bits per heavy atom. The van der Waals surface area contributed by atoms with Crippen LogP contribution in [-0.4, -0.2) is 34.2 Å². The lowest BCUT2D eigenvalue weighted by Crippen LogP contribution is -2.36. The van der Waals surface area contributed by atoms with Crippen molar-refractivity contribution in [2.45, 2.75) is 26.8 Å². The number of nitrogens with zero attached hydrogens (tertiary/aromatic N) is 2. The van der Waals surface area contributed by atoms with E-state index in [0.29, 0.717) is 5.56 Å². The van der Waals surface area contributed by atoms with Crippen molar-refractivity contribution < 1.29 is 4.79 Å². The molecule has 0 N–H and O–H groups in total. The van der Waals surface area contributed by atoms with E-state index in [1.54, 1.807) is 4.90 Å². The highest BCUT2D eigenvalue weighted by atomic mass is 79.9. The monoisotopic (exact) mass is 284 g/mol. The number of hydrogen-bond acceptors (Lipinski definition) is 2. The molecule has 4 heteroatoms. The fourth-order valence-electron chi connectivity index (χ4n) is 1.41. The summed E-state index contributed by atoms with van der Waals surface area (Å²) in [6.07, 6.45) is 0. The van der Waals surface area contributed by atoms with E-state index in [9.17, 15) is 4.79 Å². The zero-order valence-corrected chi connectivity index (χ0v) is 11.7. The van der Waals surface area contributed by atoms with Crippen molar-refractivity contribution in [3.05, 3.63) is 29.1 Å². The molecule has 0 aliphatic rings. The zero-order chi connectivity index (χ0) is 12.3. The number of aryl methyl sites for hydroxylation is 2. The van der Waals surface area contributed by atoms with Gasteiger partial charge in [0.2, 0.25) is 0 Å². The van der Waals surface area contributed by atoms with Gasteiger partial charge in [-0.1, -0.05) is 15.9 Å². The van der Waals surface area contributed by atoms with Crippen molar-refractivity contribution >= 4 is 21.8 Å². The van der Waals surface area contributed by atoms with Crippen LogP contribution in [0.15, 0.2) is 12.1 Å². The summed E-state index contributed by atoms with van der Waals surface area (Å²) < 4.78 is 0. The van der Waals surface area contributed by atoms with E-state index in [1.807, 2.05) is 40.0 Å². The second-order valence-electron chi connectivity index (χ2n) is 4.00. The van der Waals surface area contributed by atoms with Gasteiger partial charge in [0, 0.05) is 24.1 Å². The number of aromatic nitrogens is 1. The van der Waals surface area contributed by atoms with Crippen molar-refractivity contribution in [1.29, 1.82) is 0 Å². The molecule has 3 nitrogen and oxygen atoms in total. The lowest BCUT2D eigenvalue weighted by molar-refractivity contribution is 0.0757. The standard InChI is InChI=1S/C12H17BrN2O/c1-8-5-6-11(10(3)14-8)12(16)15(4)9(2)7-13/h5-6,9H,7H2,1-4H3. The highest BCUT2D eigenvalue weighted by Gasteiger charge is 2.18. The van der Waals surface area contributed by atoms with Gasteiger partial charge in [0.1, 0.15) is 0 Å². The molecule has 0 bridgehead atoms. The maximum Gasteiger partial charge on any atom is 0.255 e. The summed E-state index contributed by atoms with van der Waals surface area (Å²) in [4.78, 5) is 18.2. The van der Waals surface area contributed by atoms with Crippen molar-refractivity contribution in [1.82, 2.24) is 9.88 Å². The predicted molar refractivity (Wildman–Crippen MR) is 69.1 cm³/mol. The highest BCUT2D eigenvalue weighted by molar-refractivity contribution is 9.09. The Balaban J connectivity index is 2.96. The average Bonchev–Trinajstić information content (AvgIpc) is 2.26. The summed E-state index contributed by atoms with van der Waals surface area (Å²) in [7, 11) is 1.81. The molecule has 88 valence electrons. The molecule has 1 rings (SSSR count). The predicted octanol–water partition coefficient (Wildman–Crippen LogP) is 2.55. The number of amides is 1. The first kappa shape index (κ1) is 13.2. The minimum atomic E-state index is 0.0250. The van der Waals surface area contributed by atoms with Crippen LogP contribution in [-0.2, 0) is 0 Å². The topological polar surface area (TPSA) is 33.2 Å². The van der Waals surface area contributed by atoms with Gasteiger partial charge in [0.05, 0.1) is 11.3 Å². The summed E-state index contributed by atoms with van der Waals surface area (Å²) in [5.41, 5.74) is 2.41. The summed E-state index contributed by atoms with van der Waals surface area (Å²) in [6, 6.07) is 3.89. The van der Waals surface area contributed by atoms with E-state index in [-0.39, 0.29) is 11.9 Å². The molecule has 1 atom stereocenters. The van der Waals surface area contributed by atoms with Gasteiger partial charge in [-0.25, -0.2) is 0 Å². The Bertz CT molecular complexity index is 393. The third-order valence-electron chi connectivity index (χ3n) is 2.66. The molecular formula is C12H17BrN2O. The van der Waals surface area contributed by atoms with E-state index < -0.39 is 0 Å². The molecule has 0 aliphatic heterocycles. The van der Waals surface area contributed by atoms with Crippen LogP contribution in [0, 0.1) is 13.8 Å². The largest absolute Gasteiger partial charge is 0.338 e. The molecule has 1 aromatic heterocycles. The quantitative estimate of drug-likeness (QED) is 0.800. The number of carbonyl (C=O) groups is 1. The molecular weight excluding hydrogens is 268 g/mol. The van der Waals surface area contributed by atoms with Crippen molar-refractivity contribution in [3.63, 3.8) is 0 Å². The highest BCUT2D eigenvalue weighted by Crippen LogP contribution is 2.11. The van der Waals surface area contributed by atoms with E-state index in [2.05, 4.69) is 20.9 Å². The molecule has 1 unspecified atom stereocenters. The van der Waals surface area contributed by atoms with Crippen molar-refractivity contribution in [2.24, 2.45) is 0 Å². The van der Waals surface area contributed by atoms with Crippen LogP contribution in [0.3, 0.4) is 0 Å². The van der Waals surface area contributed by atoms with Crippen molar-refractivity contribution in [3.8, 4) is 0 Å². The first-order valence-electron chi connectivity index (χ1n) is 5.24. The molecule has 0 saturated carbocycles. The molecule has 1 heterocycles. The van der Waals surface area contributed by atoms with Crippen LogP contribution >= 0.6 is 15.9 Å². The van der Waals surface area contributed by atoms with E-state index in [0.717, 1.165) is 16.7 Å². The third-order valence-corrected chi connectivity index (χ3v) is 3.60. The molecule has 1 aromatic rings. The molecule has 0 fully saturated rings. The SMILES string of the molecule is Cc1ccc(C(=O)N(C)C(C)CBr)c(C)n1. The smallest absolute Gasteiger partial charge is 0.255 e. The van der Waals surface area contributed by atoms with Crippen LogP contribution in [0.1, 0.15) is 28.7 Å². The lowest BCUT2D eigenvalue weighted by atomic mass is 10.1. The Kier molecular flexibility index (Phi) is 4.47. The average molecular weight is 285 g/mol. The third kappa shape index (κ3) is 2.82. The maximum atomic E-state index is 12.1. The number of alkyl halides is 1. The van der Waals surface area contributed by atoms with Gasteiger partial charge in [-0.05, 0) is 32.9 Å². The molecule has 16 heavy (non-hydrogen) atoms. The summed E-state index contributed by atoms with van der Waals surface area (Å²) in [6.45, 7) is 5.79. The number of halogens is 1. The molecule has 0 aromatic carbocycles. The minimum absolute atomic E-state index is 0.0250. The zero-order valence-electron chi connectivity index (χ0n) is 10.1. The Morgan fingerprint density at radius 1 is 1.50 bits per heavy atom. The Hall–Kier alpha value is -0.900. The van der Waals surface area contributed by atoms with Gasteiger partial charge in [-0.2, -0.15) is 0 Å². The van der Waals surface area contributed by atoms with Crippen LogP contribution in [0.5, 0.6) is 0 Å². The van der Waals surface area contributed by atoms with Gasteiger partial charge in [-0.15, -0.1) is 0 Å². The van der Waals surface area contributed by atoms with Gasteiger partial charge < -0.3 is 4.90 Å². The second-order valence-corrected chi connectivity index (χ2v) is 4.65. The summed E-state index contributed by atoms with van der Waals surface area (Å²) >= 11 is 3.38. The van der Waals surface area contributed by atoms with E-state index >= 15 is 0 Å². The van der Waals surface area contributed by atoms with E-state index in [4.69, 9.17) is 0 Å². The summed E-state index contributed by atoms with van der Waals surface area (Å²) in [5, 5.41) is 0.771.